The van der Waals surface area contributed by atoms with Crippen molar-refractivity contribution in [2.24, 2.45) is 11.1 Å². The van der Waals surface area contributed by atoms with Crippen molar-refractivity contribution in [2.75, 3.05) is 17.2 Å². The molecule has 1 aliphatic rings. The first kappa shape index (κ1) is 17.4. The third-order valence-electron chi connectivity index (χ3n) is 3.18. The quantitative estimate of drug-likeness (QED) is 0.415. The number of nitro groups is 1. The van der Waals surface area contributed by atoms with Crippen LogP contribution in [0.4, 0.5) is 11.4 Å². The van der Waals surface area contributed by atoms with E-state index in [0.717, 1.165) is 0 Å². The van der Waals surface area contributed by atoms with Crippen molar-refractivity contribution in [2.45, 2.75) is 6.42 Å². The number of hydrogen-bond acceptors (Lipinski definition) is 5. The molecule has 1 heterocycles. The van der Waals surface area contributed by atoms with Gasteiger partial charge in [-0.25, -0.2) is 13.6 Å². The van der Waals surface area contributed by atoms with Crippen LogP contribution < -0.4 is 10.0 Å². The molecular formula is C11H11ClIN3O5S. The van der Waals surface area contributed by atoms with Gasteiger partial charge in [0, 0.05) is 28.5 Å². The molecule has 1 saturated heterocycles. The normalized spacial score (nSPS) is 18.8. The highest BCUT2D eigenvalue weighted by atomic mass is 127. The van der Waals surface area contributed by atoms with Crippen LogP contribution in [0.1, 0.15) is 6.42 Å². The van der Waals surface area contributed by atoms with Gasteiger partial charge in [0.25, 0.3) is 5.69 Å². The van der Waals surface area contributed by atoms with Crippen LogP contribution in [0.25, 0.3) is 0 Å². The highest BCUT2D eigenvalue weighted by Crippen LogP contribution is 2.37. The summed E-state index contributed by atoms with van der Waals surface area (Å²) in [5.41, 5.74) is -0.184. The van der Waals surface area contributed by atoms with Gasteiger partial charge in [-0.15, -0.1) is 0 Å². The summed E-state index contributed by atoms with van der Waals surface area (Å²) >= 11 is 7.83. The molecule has 1 unspecified atom stereocenters. The first-order valence-corrected chi connectivity index (χ1v) is 9.20. The Kier molecular flexibility index (Phi) is 4.94. The van der Waals surface area contributed by atoms with Gasteiger partial charge in [-0.2, -0.15) is 0 Å². The molecule has 2 N–H and O–H groups in total. The van der Waals surface area contributed by atoms with Crippen LogP contribution in [0.15, 0.2) is 12.1 Å². The number of benzene rings is 1. The minimum atomic E-state index is -3.72. The molecule has 0 aromatic heterocycles. The molecule has 1 atom stereocenters. The summed E-state index contributed by atoms with van der Waals surface area (Å²) in [4.78, 5) is 23.8. The predicted molar refractivity (Wildman–Crippen MR) is 89.3 cm³/mol. The van der Waals surface area contributed by atoms with Gasteiger partial charge in [-0.3, -0.25) is 14.9 Å². The molecular weight excluding hydrogens is 449 g/mol. The fraction of sp³-hybridized carbons (Fsp3) is 0.364. The second kappa shape index (κ2) is 6.26. The second-order valence-electron chi connectivity index (χ2n) is 4.92. The smallest absolute Gasteiger partial charge is 0.294 e. The maximum atomic E-state index is 12.1. The summed E-state index contributed by atoms with van der Waals surface area (Å²) in [7, 11) is -3.72. The average molecular weight is 460 g/mol. The molecule has 22 heavy (non-hydrogen) atoms. The van der Waals surface area contributed by atoms with E-state index < -0.39 is 26.8 Å². The number of carbonyl (C=O) groups excluding carboxylic acids is 1. The van der Waals surface area contributed by atoms with Crippen molar-refractivity contribution >= 4 is 61.5 Å². The molecule has 1 aromatic rings. The Morgan fingerprint density at radius 2 is 2.14 bits per heavy atom. The first-order chi connectivity index (χ1) is 10.1. The Morgan fingerprint density at radius 3 is 2.68 bits per heavy atom. The lowest BCUT2D eigenvalue weighted by Gasteiger charge is -2.17. The van der Waals surface area contributed by atoms with Gasteiger partial charge < -0.3 is 4.90 Å². The van der Waals surface area contributed by atoms with Gasteiger partial charge >= 0.3 is 0 Å². The average Bonchev–Trinajstić information content (AvgIpc) is 2.70. The summed E-state index contributed by atoms with van der Waals surface area (Å²) in [5.74, 6) is -1.24. The monoisotopic (exact) mass is 459 g/mol. The Labute approximate surface area is 144 Å². The number of nitrogens with zero attached hydrogens (tertiary/aromatic N) is 2. The molecule has 11 heteroatoms. The van der Waals surface area contributed by atoms with Gasteiger partial charge in [0.1, 0.15) is 5.69 Å². The Hall–Kier alpha value is -0.980. The van der Waals surface area contributed by atoms with Gasteiger partial charge in [0.2, 0.25) is 15.9 Å². The molecule has 0 aliphatic carbocycles. The summed E-state index contributed by atoms with van der Waals surface area (Å²) in [5, 5.41) is 16.4. The number of halogens is 2. The number of nitrogens with two attached hydrogens (primary N) is 1. The molecule has 0 spiro atoms. The number of primary sulfonamides is 1. The van der Waals surface area contributed by atoms with E-state index in [2.05, 4.69) is 0 Å². The maximum absolute atomic E-state index is 12.1. The van der Waals surface area contributed by atoms with Crippen molar-refractivity contribution in [3.05, 3.63) is 30.8 Å². The molecule has 2 rings (SSSR count). The summed E-state index contributed by atoms with van der Waals surface area (Å²) in [6, 6.07) is 2.62. The van der Waals surface area contributed by atoms with Crippen molar-refractivity contribution in [1.82, 2.24) is 0 Å². The zero-order valence-corrected chi connectivity index (χ0v) is 14.8. The van der Waals surface area contributed by atoms with Gasteiger partial charge in [0.05, 0.1) is 15.7 Å². The first-order valence-electron chi connectivity index (χ1n) is 6.02. The lowest BCUT2D eigenvalue weighted by Crippen LogP contribution is -2.28. The van der Waals surface area contributed by atoms with Crippen LogP contribution in [0.5, 0.6) is 0 Å². The number of carbonyl (C=O) groups is 1. The minimum absolute atomic E-state index is 0.0306. The van der Waals surface area contributed by atoms with Gasteiger partial charge in [0.15, 0.2) is 0 Å². The van der Waals surface area contributed by atoms with Crippen LogP contribution in [0, 0.1) is 19.6 Å². The van der Waals surface area contributed by atoms with Gasteiger partial charge in [-0.05, 0) is 28.7 Å². The van der Waals surface area contributed by atoms with E-state index in [1.165, 1.54) is 17.0 Å². The number of amides is 1. The Balaban J connectivity index is 2.38. The predicted octanol–water partition coefficient (Wildman–Crippen LogP) is 1.49. The van der Waals surface area contributed by atoms with E-state index in [1.54, 1.807) is 0 Å². The molecule has 0 radical (unpaired) electrons. The van der Waals surface area contributed by atoms with Crippen molar-refractivity contribution in [3.63, 3.8) is 0 Å². The third-order valence-corrected chi connectivity index (χ3v) is 5.64. The molecule has 0 saturated carbocycles. The van der Waals surface area contributed by atoms with E-state index in [0.29, 0.717) is 3.57 Å². The highest BCUT2D eigenvalue weighted by molar-refractivity contribution is 14.1. The van der Waals surface area contributed by atoms with Gasteiger partial charge in [-0.1, -0.05) is 11.6 Å². The summed E-state index contributed by atoms with van der Waals surface area (Å²) in [6.07, 6.45) is -0.0306. The number of anilines is 1. The van der Waals surface area contributed by atoms with Crippen LogP contribution in [0.2, 0.25) is 5.02 Å². The van der Waals surface area contributed by atoms with Crippen LogP contribution in [-0.2, 0) is 14.8 Å². The lowest BCUT2D eigenvalue weighted by molar-refractivity contribution is -0.384. The second-order valence-corrected chi connectivity index (χ2v) is 8.14. The fourth-order valence-electron chi connectivity index (χ4n) is 2.34. The van der Waals surface area contributed by atoms with Crippen molar-refractivity contribution < 1.29 is 18.1 Å². The van der Waals surface area contributed by atoms with Crippen LogP contribution >= 0.6 is 34.2 Å². The Bertz CT molecular complexity index is 754. The molecule has 1 aromatic carbocycles. The van der Waals surface area contributed by atoms with Crippen LogP contribution in [0.3, 0.4) is 0 Å². The SMILES string of the molecule is NS(=O)(=O)CC1CC(=O)N(c2cc(Cl)c(I)cc2[N+](=O)[O-])C1. The molecule has 1 fully saturated rings. The number of rotatable bonds is 4. The zero-order valence-electron chi connectivity index (χ0n) is 11.0. The third kappa shape index (κ3) is 3.86. The summed E-state index contributed by atoms with van der Waals surface area (Å²) < 4.78 is 22.7. The number of nitro benzene ring substituents is 1. The van der Waals surface area contributed by atoms with Crippen molar-refractivity contribution in [1.29, 1.82) is 0 Å². The molecule has 0 bridgehead atoms. The maximum Gasteiger partial charge on any atom is 0.294 e. The highest BCUT2D eigenvalue weighted by Gasteiger charge is 2.36. The topological polar surface area (TPSA) is 124 Å². The van der Waals surface area contributed by atoms with Crippen molar-refractivity contribution in [3.8, 4) is 0 Å². The fourth-order valence-corrected chi connectivity index (χ4v) is 3.83. The largest absolute Gasteiger partial charge is 0.306 e. The summed E-state index contributed by atoms with van der Waals surface area (Å²) in [6.45, 7) is 0.0486. The number of sulfonamides is 1. The van der Waals surface area contributed by atoms with E-state index in [1.807, 2.05) is 22.6 Å². The molecule has 8 nitrogen and oxygen atoms in total. The van der Waals surface area contributed by atoms with E-state index in [9.17, 15) is 23.3 Å². The van der Waals surface area contributed by atoms with E-state index in [-0.39, 0.29) is 35.1 Å². The minimum Gasteiger partial charge on any atom is -0.306 e. The van der Waals surface area contributed by atoms with Crippen LogP contribution in [-0.4, -0.2) is 31.5 Å². The number of hydrogen-bond donors (Lipinski definition) is 1. The standard InChI is InChI=1S/C11H11ClIN3O5S/c12-7-2-9(10(16(18)19)3-8(7)13)15-4-6(1-11(15)17)5-22(14,20)21/h2-3,6H,1,4-5H2,(H2,14,20,21). The van der Waals surface area contributed by atoms with E-state index >= 15 is 0 Å². The lowest BCUT2D eigenvalue weighted by atomic mass is 10.1. The van der Waals surface area contributed by atoms with E-state index in [4.69, 9.17) is 16.7 Å². The zero-order chi connectivity index (χ0) is 16.7. The molecule has 120 valence electrons. The molecule has 1 aliphatic heterocycles. The Morgan fingerprint density at radius 1 is 1.50 bits per heavy atom. The molecule has 1 amide bonds.